The minimum Gasteiger partial charge on any atom is -0.313 e. The Kier molecular flexibility index (Phi) is 7.34. The summed E-state index contributed by atoms with van der Waals surface area (Å²) >= 11 is 0. The van der Waals surface area contributed by atoms with Crippen molar-refractivity contribution in [3.8, 4) is 0 Å². The summed E-state index contributed by atoms with van der Waals surface area (Å²) in [6, 6.07) is 37.4. The molecule has 0 saturated carbocycles. The Bertz CT molecular complexity index is 1230. The molecule has 1 saturated heterocycles. The summed E-state index contributed by atoms with van der Waals surface area (Å²) < 4.78 is 0. The first-order chi connectivity index (χ1) is 18.2. The lowest BCUT2D eigenvalue weighted by atomic mass is 9.75. The number of aryl methyl sites for hydroxylation is 2. The molecule has 0 radical (unpaired) electrons. The first kappa shape index (κ1) is 26.4. The van der Waals surface area contributed by atoms with E-state index in [9.17, 15) is 0 Å². The average Bonchev–Trinajstić information content (AvgIpc) is 3.44. The van der Waals surface area contributed by atoms with Crippen LogP contribution < -0.4 is 5.32 Å². The molecule has 0 amide bonds. The zero-order valence-electron chi connectivity index (χ0n) is 24.0. The van der Waals surface area contributed by atoms with Crippen LogP contribution in [0.25, 0.3) is 0 Å². The Balaban J connectivity index is 1.44. The smallest absolute Gasteiger partial charge is 0.0243 e. The van der Waals surface area contributed by atoms with E-state index in [1.807, 2.05) is 0 Å². The maximum atomic E-state index is 3.81. The predicted molar refractivity (Wildman–Crippen MR) is 162 cm³/mol. The van der Waals surface area contributed by atoms with Gasteiger partial charge in [-0.1, -0.05) is 136 Å². The van der Waals surface area contributed by atoms with Crippen LogP contribution in [0, 0.1) is 13.8 Å². The minimum absolute atomic E-state index is 0.0312. The first-order valence-electron chi connectivity index (χ1n) is 14.2. The molecule has 5 rings (SSSR count). The Morgan fingerprint density at radius 2 is 0.895 bits per heavy atom. The SMILES string of the molecule is Cc1ccc(C(C)(C)c2ccc(C(c3ccc(C(C)(C)c4ccc(C)cc4)cc3)[C@H]3CCCN3)cc2)cc1. The summed E-state index contributed by atoms with van der Waals surface area (Å²) in [6.07, 6.45) is 2.47. The van der Waals surface area contributed by atoms with Crippen LogP contribution in [-0.2, 0) is 10.8 Å². The summed E-state index contributed by atoms with van der Waals surface area (Å²) in [7, 11) is 0. The zero-order valence-corrected chi connectivity index (χ0v) is 24.0. The van der Waals surface area contributed by atoms with E-state index in [4.69, 9.17) is 0 Å². The monoisotopic (exact) mass is 501 g/mol. The Morgan fingerprint density at radius 1 is 0.553 bits per heavy atom. The fourth-order valence-electron chi connectivity index (χ4n) is 6.14. The summed E-state index contributed by atoms with van der Waals surface area (Å²) in [5.41, 5.74) is 10.8. The molecular weight excluding hydrogens is 458 g/mol. The zero-order chi connectivity index (χ0) is 26.9. The molecule has 1 nitrogen and oxygen atoms in total. The maximum absolute atomic E-state index is 3.81. The third-order valence-electron chi connectivity index (χ3n) is 9.03. The molecule has 0 aliphatic carbocycles. The molecule has 1 atom stereocenters. The lowest BCUT2D eigenvalue weighted by Crippen LogP contribution is -2.30. The van der Waals surface area contributed by atoms with Gasteiger partial charge in [0.1, 0.15) is 0 Å². The molecule has 0 bridgehead atoms. The second kappa shape index (κ2) is 10.5. The first-order valence-corrected chi connectivity index (χ1v) is 14.2. The van der Waals surface area contributed by atoms with Crippen molar-refractivity contribution in [2.24, 2.45) is 0 Å². The summed E-state index contributed by atoms with van der Waals surface area (Å²) in [5.74, 6) is 0.352. The third kappa shape index (κ3) is 5.22. The number of nitrogens with one attached hydrogen (secondary N) is 1. The van der Waals surface area contributed by atoms with Gasteiger partial charge in [-0.15, -0.1) is 0 Å². The molecule has 1 aliphatic rings. The molecule has 0 unspecified atom stereocenters. The highest BCUT2D eigenvalue weighted by Crippen LogP contribution is 2.38. The van der Waals surface area contributed by atoms with E-state index >= 15 is 0 Å². The third-order valence-corrected chi connectivity index (χ3v) is 9.03. The molecular formula is C37H43N. The van der Waals surface area contributed by atoms with Crippen LogP contribution in [0.1, 0.15) is 91.0 Å². The van der Waals surface area contributed by atoms with E-state index < -0.39 is 0 Å². The van der Waals surface area contributed by atoms with Gasteiger partial charge in [0.25, 0.3) is 0 Å². The van der Waals surface area contributed by atoms with Crippen molar-refractivity contribution in [2.45, 2.75) is 77.2 Å². The number of rotatable bonds is 7. The maximum Gasteiger partial charge on any atom is 0.0243 e. The summed E-state index contributed by atoms with van der Waals surface area (Å²) in [4.78, 5) is 0. The van der Waals surface area contributed by atoms with Crippen LogP contribution in [0.15, 0.2) is 97.1 Å². The van der Waals surface area contributed by atoms with Crippen LogP contribution in [0.3, 0.4) is 0 Å². The Hall–Kier alpha value is -3.16. The molecule has 196 valence electrons. The van der Waals surface area contributed by atoms with E-state index in [1.54, 1.807) is 0 Å². The molecule has 4 aromatic carbocycles. The second-order valence-corrected chi connectivity index (χ2v) is 12.4. The number of hydrogen-bond acceptors (Lipinski definition) is 1. The summed E-state index contributed by atoms with van der Waals surface area (Å²) in [6.45, 7) is 14.7. The van der Waals surface area contributed by atoms with Crippen LogP contribution in [0.2, 0.25) is 0 Å². The Labute approximate surface area is 230 Å². The largest absolute Gasteiger partial charge is 0.313 e. The van der Waals surface area contributed by atoms with Crippen LogP contribution in [0.5, 0.6) is 0 Å². The number of hydrogen-bond donors (Lipinski definition) is 1. The van der Waals surface area contributed by atoms with Gasteiger partial charge in [0.2, 0.25) is 0 Å². The van der Waals surface area contributed by atoms with Gasteiger partial charge in [-0.25, -0.2) is 0 Å². The molecule has 1 aliphatic heterocycles. The van der Waals surface area contributed by atoms with E-state index in [0.29, 0.717) is 12.0 Å². The van der Waals surface area contributed by atoms with E-state index in [0.717, 1.165) is 6.54 Å². The average molecular weight is 502 g/mol. The van der Waals surface area contributed by atoms with Crippen molar-refractivity contribution in [1.82, 2.24) is 5.32 Å². The van der Waals surface area contributed by atoms with Gasteiger partial charge in [-0.2, -0.15) is 0 Å². The molecule has 0 aromatic heterocycles. The summed E-state index contributed by atoms with van der Waals surface area (Å²) in [5, 5.41) is 3.81. The van der Waals surface area contributed by atoms with Crippen LogP contribution in [0.4, 0.5) is 0 Å². The lowest BCUT2D eigenvalue weighted by molar-refractivity contribution is 0.539. The highest BCUT2D eigenvalue weighted by molar-refractivity contribution is 5.45. The van der Waals surface area contributed by atoms with Gasteiger partial charge < -0.3 is 5.32 Å². The van der Waals surface area contributed by atoms with Crippen molar-refractivity contribution >= 4 is 0 Å². The van der Waals surface area contributed by atoms with E-state index in [2.05, 4.69) is 144 Å². The van der Waals surface area contributed by atoms with Crippen molar-refractivity contribution < 1.29 is 0 Å². The standard InChI is InChI=1S/C37H43N/c1-26-9-17-30(18-10-26)36(3,4)32-21-13-28(14-22-32)35(34-8-7-25-38-34)29-15-23-33(24-16-29)37(5,6)31-19-11-27(2)12-20-31/h9-24,34-35,38H,7-8,25H2,1-6H3/t34-/m1/s1. The molecule has 38 heavy (non-hydrogen) atoms. The Morgan fingerprint density at radius 3 is 1.21 bits per heavy atom. The fraction of sp³-hybridized carbons (Fsp3) is 0.351. The van der Waals surface area contributed by atoms with Gasteiger partial charge >= 0.3 is 0 Å². The predicted octanol–water partition coefficient (Wildman–Crippen LogP) is 8.84. The van der Waals surface area contributed by atoms with Gasteiger partial charge in [0, 0.05) is 22.8 Å². The molecule has 1 fully saturated rings. The minimum atomic E-state index is -0.0312. The van der Waals surface area contributed by atoms with Crippen molar-refractivity contribution in [3.05, 3.63) is 142 Å². The fourth-order valence-corrected chi connectivity index (χ4v) is 6.14. The van der Waals surface area contributed by atoms with Crippen LogP contribution >= 0.6 is 0 Å². The highest BCUT2D eigenvalue weighted by Gasteiger charge is 2.30. The van der Waals surface area contributed by atoms with Gasteiger partial charge in [0.05, 0.1) is 0 Å². The second-order valence-electron chi connectivity index (χ2n) is 12.4. The lowest BCUT2D eigenvalue weighted by Gasteiger charge is -2.30. The van der Waals surface area contributed by atoms with Crippen molar-refractivity contribution in [2.75, 3.05) is 6.54 Å². The molecule has 1 heterocycles. The van der Waals surface area contributed by atoms with Crippen molar-refractivity contribution in [3.63, 3.8) is 0 Å². The molecule has 1 heteroatoms. The van der Waals surface area contributed by atoms with E-state index in [-0.39, 0.29) is 10.8 Å². The van der Waals surface area contributed by atoms with Gasteiger partial charge in [-0.05, 0) is 66.6 Å². The quantitative estimate of drug-likeness (QED) is 0.267. The molecule has 1 N–H and O–H groups in total. The van der Waals surface area contributed by atoms with Gasteiger partial charge in [0.15, 0.2) is 0 Å². The van der Waals surface area contributed by atoms with E-state index in [1.165, 1.54) is 57.3 Å². The normalized spacial score (nSPS) is 16.2. The molecule has 4 aromatic rings. The topological polar surface area (TPSA) is 12.0 Å². The van der Waals surface area contributed by atoms with Crippen LogP contribution in [-0.4, -0.2) is 12.6 Å². The number of benzene rings is 4. The molecule has 0 spiro atoms. The highest BCUT2D eigenvalue weighted by atomic mass is 14.9. The van der Waals surface area contributed by atoms with Gasteiger partial charge in [-0.3, -0.25) is 0 Å². The van der Waals surface area contributed by atoms with Crippen molar-refractivity contribution in [1.29, 1.82) is 0 Å².